The molecular formula is C26H29N5O2S. The molecule has 34 heavy (non-hydrogen) atoms. The second-order valence-electron chi connectivity index (χ2n) is 7.73. The van der Waals surface area contributed by atoms with Crippen molar-refractivity contribution in [2.24, 2.45) is 0 Å². The zero-order valence-electron chi connectivity index (χ0n) is 19.5. The molecule has 176 valence electrons. The molecule has 0 saturated heterocycles. The predicted octanol–water partition coefficient (Wildman–Crippen LogP) is 4.83. The normalized spacial score (nSPS) is 10.9. The van der Waals surface area contributed by atoms with Gasteiger partial charge in [-0.15, -0.1) is 5.10 Å². The SMILES string of the molecule is CCOc1cc(CNCCSc2nnnn2-c2ccccc2)ccc1OCc1cccc(C)c1. The van der Waals surface area contributed by atoms with Crippen LogP contribution in [0.1, 0.15) is 23.6 Å². The first-order valence-electron chi connectivity index (χ1n) is 11.3. The van der Waals surface area contributed by atoms with E-state index in [2.05, 4.69) is 52.0 Å². The highest BCUT2D eigenvalue weighted by Gasteiger charge is 2.09. The van der Waals surface area contributed by atoms with Gasteiger partial charge in [0, 0.05) is 18.8 Å². The highest BCUT2D eigenvalue weighted by atomic mass is 32.2. The lowest BCUT2D eigenvalue weighted by molar-refractivity contribution is 0.269. The fourth-order valence-corrected chi connectivity index (χ4v) is 4.25. The number of aromatic nitrogens is 4. The molecule has 0 atom stereocenters. The van der Waals surface area contributed by atoms with Crippen molar-refractivity contribution >= 4 is 11.8 Å². The number of ether oxygens (including phenoxy) is 2. The molecule has 0 aliphatic heterocycles. The van der Waals surface area contributed by atoms with E-state index in [1.807, 2.05) is 55.5 Å². The number of tetrazole rings is 1. The number of aryl methyl sites for hydroxylation is 1. The van der Waals surface area contributed by atoms with E-state index < -0.39 is 0 Å². The Morgan fingerprint density at radius 3 is 2.62 bits per heavy atom. The summed E-state index contributed by atoms with van der Waals surface area (Å²) in [6, 6.07) is 24.3. The van der Waals surface area contributed by atoms with Crippen LogP contribution in [0.2, 0.25) is 0 Å². The monoisotopic (exact) mass is 475 g/mol. The van der Waals surface area contributed by atoms with Crippen molar-refractivity contribution in [1.29, 1.82) is 0 Å². The van der Waals surface area contributed by atoms with Crippen molar-refractivity contribution in [1.82, 2.24) is 25.5 Å². The van der Waals surface area contributed by atoms with Crippen LogP contribution in [-0.4, -0.2) is 39.1 Å². The van der Waals surface area contributed by atoms with Crippen LogP contribution in [0.5, 0.6) is 11.5 Å². The van der Waals surface area contributed by atoms with Gasteiger partial charge in [0.05, 0.1) is 12.3 Å². The summed E-state index contributed by atoms with van der Waals surface area (Å²) in [5.74, 6) is 2.38. The molecule has 0 amide bonds. The van der Waals surface area contributed by atoms with Gasteiger partial charge in [0.2, 0.25) is 5.16 Å². The Bertz CT molecular complexity index is 1180. The minimum atomic E-state index is 0.513. The second-order valence-corrected chi connectivity index (χ2v) is 8.79. The molecule has 0 fully saturated rings. The molecule has 4 rings (SSSR count). The second kappa shape index (κ2) is 12.2. The van der Waals surface area contributed by atoms with Crippen LogP contribution in [0.15, 0.2) is 78.0 Å². The van der Waals surface area contributed by atoms with Gasteiger partial charge in [0.25, 0.3) is 0 Å². The molecule has 0 unspecified atom stereocenters. The summed E-state index contributed by atoms with van der Waals surface area (Å²) in [7, 11) is 0. The van der Waals surface area contributed by atoms with Crippen molar-refractivity contribution < 1.29 is 9.47 Å². The lowest BCUT2D eigenvalue weighted by Crippen LogP contribution is -2.17. The molecule has 1 aromatic heterocycles. The zero-order chi connectivity index (χ0) is 23.6. The van der Waals surface area contributed by atoms with E-state index in [1.54, 1.807) is 16.4 Å². The molecule has 8 heteroatoms. The third-order valence-corrected chi connectivity index (χ3v) is 5.99. The Kier molecular flexibility index (Phi) is 8.54. The van der Waals surface area contributed by atoms with Gasteiger partial charge in [0.1, 0.15) is 6.61 Å². The Morgan fingerprint density at radius 2 is 1.79 bits per heavy atom. The number of hydrogen-bond donors (Lipinski definition) is 1. The molecule has 0 saturated carbocycles. The number of benzene rings is 3. The van der Waals surface area contributed by atoms with Crippen molar-refractivity contribution in [3.05, 3.63) is 89.5 Å². The summed E-state index contributed by atoms with van der Waals surface area (Å²) in [5.41, 5.74) is 4.47. The number of para-hydroxylation sites is 1. The van der Waals surface area contributed by atoms with Gasteiger partial charge < -0.3 is 14.8 Å². The topological polar surface area (TPSA) is 74.1 Å². The standard InChI is InChI=1S/C26H29N5O2S/c1-3-32-25-17-21(12-13-24(25)33-19-22-9-7-8-20(2)16-22)18-27-14-15-34-26-28-29-30-31(26)23-10-5-4-6-11-23/h4-13,16-17,27H,3,14-15,18-19H2,1-2H3. The minimum Gasteiger partial charge on any atom is -0.490 e. The van der Waals surface area contributed by atoms with Gasteiger partial charge in [-0.05, 0) is 59.7 Å². The maximum atomic E-state index is 6.05. The van der Waals surface area contributed by atoms with E-state index in [9.17, 15) is 0 Å². The number of hydrogen-bond acceptors (Lipinski definition) is 7. The van der Waals surface area contributed by atoms with E-state index in [0.717, 1.165) is 52.3 Å². The third kappa shape index (κ3) is 6.59. The summed E-state index contributed by atoms with van der Waals surface area (Å²) in [4.78, 5) is 0. The quantitative estimate of drug-likeness (QED) is 0.232. The molecule has 1 heterocycles. The van der Waals surface area contributed by atoms with Crippen molar-refractivity contribution in [2.45, 2.75) is 32.2 Å². The largest absolute Gasteiger partial charge is 0.490 e. The summed E-state index contributed by atoms with van der Waals surface area (Å²) in [6.07, 6.45) is 0. The molecule has 0 aliphatic rings. The summed E-state index contributed by atoms with van der Waals surface area (Å²) in [5, 5.41) is 16.3. The average Bonchev–Trinajstić information content (AvgIpc) is 3.33. The maximum Gasteiger partial charge on any atom is 0.214 e. The van der Waals surface area contributed by atoms with Crippen LogP contribution >= 0.6 is 11.8 Å². The first-order valence-corrected chi connectivity index (χ1v) is 12.3. The van der Waals surface area contributed by atoms with E-state index in [0.29, 0.717) is 13.2 Å². The van der Waals surface area contributed by atoms with Gasteiger partial charge in [-0.1, -0.05) is 65.9 Å². The smallest absolute Gasteiger partial charge is 0.214 e. The predicted molar refractivity (Wildman–Crippen MR) is 135 cm³/mol. The Balaban J connectivity index is 1.27. The molecule has 4 aromatic rings. The van der Waals surface area contributed by atoms with Gasteiger partial charge in [0.15, 0.2) is 11.5 Å². The lowest BCUT2D eigenvalue weighted by atomic mass is 10.1. The number of thioether (sulfide) groups is 1. The van der Waals surface area contributed by atoms with E-state index in [4.69, 9.17) is 9.47 Å². The van der Waals surface area contributed by atoms with Crippen LogP contribution in [0.25, 0.3) is 5.69 Å². The molecule has 1 N–H and O–H groups in total. The first-order chi connectivity index (χ1) is 16.7. The van der Waals surface area contributed by atoms with Crippen molar-refractivity contribution in [2.75, 3.05) is 18.9 Å². The molecule has 0 aliphatic carbocycles. The van der Waals surface area contributed by atoms with Crippen LogP contribution < -0.4 is 14.8 Å². The molecule has 0 spiro atoms. The van der Waals surface area contributed by atoms with Crippen LogP contribution in [0.3, 0.4) is 0 Å². The van der Waals surface area contributed by atoms with Crippen molar-refractivity contribution in [3.63, 3.8) is 0 Å². The molecule has 0 radical (unpaired) electrons. The van der Waals surface area contributed by atoms with Gasteiger partial charge in [-0.3, -0.25) is 0 Å². The Hall–Kier alpha value is -3.36. The Labute approximate surface area is 204 Å². The number of nitrogens with one attached hydrogen (secondary N) is 1. The Morgan fingerprint density at radius 1 is 0.912 bits per heavy atom. The molecule has 7 nitrogen and oxygen atoms in total. The van der Waals surface area contributed by atoms with Gasteiger partial charge >= 0.3 is 0 Å². The fraction of sp³-hybridized carbons (Fsp3) is 0.269. The number of rotatable bonds is 12. The first kappa shape index (κ1) is 23.8. The summed E-state index contributed by atoms with van der Waals surface area (Å²) >= 11 is 1.62. The molecular weight excluding hydrogens is 446 g/mol. The summed E-state index contributed by atoms with van der Waals surface area (Å²) in [6.45, 7) is 6.73. The van der Waals surface area contributed by atoms with Crippen LogP contribution in [0.4, 0.5) is 0 Å². The van der Waals surface area contributed by atoms with E-state index in [1.165, 1.54) is 5.56 Å². The minimum absolute atomic E-state index is 0.513. The average molecular weight is 476 g/mol. The molecule has 3 aromatic carbocycles. The number of nitrogens with zero attached hydrogens (tertiary/aromatic N) is 4. The van der Waals surface area contributed by atoms with Crippen LogP contribution in [-0.2, 0) is 13.2 Å². The highest BCUT2D eigenvalue weighted by Crippen LogP contribution is 2.29. The van der Waals surface area contributed by atoms with E-state index in [-0.39, 0.29) is 0 Å². The third-order valence-electron chi connectivity index (χ3n) is 5.07. The molecule has 0 bridgehead atoms. The van der Waals surface area contributed by atoms with Gasteiger partial charge in [-0.25, -0.2) is 0 Å². The van der Waals surface area contributed by atoms with Crippen molar-refractivity contribution in [3.8, 4) is 17.2 Å². The highest BCUT2D eigenvalue weighted by molar-refractivity contribution is 7.99. The van der Waals surface area contributed by atoms with E-state index >= 15 is 0 Å². The fourth-order valence-electron chi connectivity index (χ4n) is 3.46. The zero-order valence-corrected chi connectivity index (χ0v) is 20.3. The summed E-state index contributed by atoms with van der Waals surface area (Å²) < 4.78 is 13.6. The maximum absolute atomic E-state index is 6.05. The van der Waals surface area contributed by atoms with Gasteiger partial charge in [-0.2, -0.15) is 4.68 Å². The lowest BCUT2D eigenvalue weighted by Gasteiger charge is -2.14. The van der Waals surface area contributed by atoms with Crippen LogP contribution in [0, 0.1) is 6.92 Å².